The topological polar surface area (TPSA) is 104 Å². The maximum Gasteiger partial charge on any atom is 0.0491 e. The van der Waals surface area contributed by atoms with Crippen molar-refractivity contribution in [2.45, 2.75) is 19.5 Å². The van der Waals surface area contributed by atoms with Gasteiger partial charge in [0.2, 0.25) is 0 Å². The van der Waals surface area contributed by atoms with E-state index < -0.39 is 0 Å². The lowest BCUT2D eigenvalue weighted by atomic mass is 10.4. The Hall–Kier alpha value is -0.160. The highest BCUT2D eigenvalue weighted by Crippen LogP contribution is 1.58. The Morgan fingerprint density at radius 1 is 1.11 bits per heavy atom. The third-order valence-corrected chi connectivity index (χ3v) is 0.408. The monoisotopic (exact) mass is 134 g/mol. The number of nitrogens with two attached hydrogens (primary N) is 4. The van der Waals surface area contributed by atoms with Crippen molar-refractivity contribution in [2.75, 3.05) is 13.1 Å². The van der Waals surface area contributed by atoms with Gasteiger partial charge in [0.1, 0.15) is 0 Å². The summed E-state index contributed by atoms with van der Waals surface area (Å²) in [6.07, 6.45) is 0.778. The summed E-state index contributed by atoms with van der Waals surface area (Å²) in [6.45, 7) is 3.16. The number of rotatable bonds is 2. The van der Waals surface area contributed by atoms with Gasteiger partial charge in [-0.1, -0.05) is 0 Å². The van der Waals surface area contributed by atoms with Crippen molar-refractivity contribution < 1.29 is 0 Å². The predicted molar refractivity (Wildman–Crippen MR) is 40.6 cm³/mol. The van der Waals surface area contributed by atoms with Gasteiger partial charge < -0.3 is 22.9 Å². The molecule has 8 N–H and O–H groups in total. The molecule has 0 bridgehead atoms. The van der Waals surface area contributed by atoms with Gasteiger partial charge in [-0.15, -0.1) is 0 Å². The zero-order valence-electron chi connectivity index (χ0n) is 6.01. The average Bonchev–Trinajstić information content (AvgIpc) is 1.66. The molecular formula is C5H18N4. The van der Waals surface area contributed by atoms with Crippen LogP contribution in [0.3, 0.4) is 0 Å². The van der Waals surface area contributed by atoms with Crippen LogP contribution < -0.4 is 22.9 Å². The molecule has 0 aliphatic rings. The summed E-state index contributed by atoms with van der Waals surface area (Å²) in [5, 5.41) is 0. The first kappa shape index (κ1) is 11.6. The second-order valence-corrected chi connectivity index (χ2v) is 1.79. The quantitative estimate of drug-likeness (QED) is 0.346. The van der Waals surface area contributed by atoms with E-state index in [4.69, 9.17) is 22.9 Å². The highest BCUT2D eigenvalue weighted by atomic mass is 14.8. The summed E-state index contributed by atoms with van der Waals surface area (Å²) >= 11 is 0. The van der Waals surface area contributed by atoms with E-state index in [2.05, 4.69) is 0 Å². The van der Waals surface area contributed by atoms with Crippen molar-refractivity contribution in [1.29, 1.82) is 0 Å². The normalized spacial score (nSPS) is 8.67. The molecule has 0 amide bonds. The summed E-state index contributed by atoms with van der Waals surface area (Å²) in [5.74, 6) is 0. The first-order valence-electron chi connectivity index (χ1n) is 3.06. The largest absolute Gasteiger partial charge is 0.330 e. The molecule has 0 aromatic rings. The molecule has 0 radical (unpaired) electrons. The van der Waals surface area contributed by atoms with Crippen molar-refractivity contribution in [3.05, 3.63) is 0 Å². The molecule has 58 valence electrons. The molecule has 0 fully saturated rings. The Bertz CT molecular complexity index is 33.2. The van der Waals surface area contributed by atoms with Gasteiger partial charge in [-0.25, -0.2) is 0 Å². The summed E-state index contributed by atoms with van der Waals surface area (Å²) in [5.41, 5.74) is 19.9. The van der Waals surface area contributed by atoms with E-state index in [9.17, 15) is 0 Å². The molecule has 9 heavy (non-hydrogen) atoms. The summed E-state index contributed by atoms with van der Waals surface area (Å²) < 4.78 is 0. The molecule has 0 aliphatic heterocycles. The van der Waals surface area contributed by atoms with Gasteiger partial charge in [-0.3, -0.25) is 0 Å². The molecule has 0 heterocycles. The van der Waals surface area contributed by atoms with E-state index in [0.717, 1.165) is 19.5 Å². The SMILES string of the molecule is CC(N)N.NCCCN. The fourth-order valence-electron chi connectivity index (χ4n) is 0.118. The first-order chi connectivity index (χ1) is 4.15. The van der Waals surface area contributed by atoms with Crippen molar-refractivity contribution in [3.8, 4) is 0 Å². The Balaban J connectivity index is 0. The van der Waals surface area contributed by atoms with Crippen LogP contribution in [-0.4, -0.2) is 19.3 Å². The van der Waals surface area contributed by atoms with Gasteiger partial charge in [0.05, 0.1) is 0 Å². The highest BCUT2D eigenvalue weighted by molar-refractivity contribution is 4.33. The van der Waals surface area contributed by atoms with E-state index >= 15 is 0 Å². The minimum absolute atomic E-state index is 0.167. The second kappa shape index (κ2) is 10.8. The van der Waals surface area contributed by atoms with Crippen LogP contribution in [-0.2, 0) is 0 Å². The number of hydrogen-bond donors (Lipinski definition) is 4. The molecule has 4 nitrogen and oxygen atoms in total. The van der Waals surface area contributed by atoms with E-state index in [0.29, 0.717) is 0 Å². The van der Waals surface area contributed by atoms with E-state index in [1.54, 1.807) is 6.92 Å². The predicted octanol–water partition coefficient (Wildman–Crippen LogP) is -1.46. The molecule has 0 rings (SSSR count). The third-order valence-electron chi connectivity index (χ3n) is 0.408. The van der Waals surface area contributed by atoms with Crippen LogP contribution in [0.1, 0.15) is 13.3 Å². The fraction of sp³-hybridized carbons (Fsp3) is 1.00. The van der Waals surface area contributed by atoms with Crippen LogP contribution >= 0.6 is 0 Å². The van der Waals surface area contributed by atoms with Crippen molar-refractivity contribution in [3.63, 3.8) is 0 Å². The van der Waals surface area contributed by atoms with Crippen molar-refractivity contribution in [2.24, 2.45) is 22.9 Å². The third kappa shape index (κ3) is 79.0. The molecular weight excluding hydrogens is 116 g/mol. The van der Waals surface area contributed by atoms with Gasteiger partial charge in [-0.05, 0) is 26.4 Å². The lowest BCUT2D eigenvalue weighted by molar-refractivity contribution is 0.790. The molecule has 0 unspecified atom stereocenters. The van der Waals surface area contributed by atoms with Gasteiger partial charge in [0.15, 0.2) is 0 Å². The van der Waals surface area contributed by atoms with Gasteiger partial charge in [-0.2, -0.15) is 0 Å². The van der Waals surface area contributed by atoms with Crippen LogP contribution in [0.2, 0.25) is 0 Å². The maximum atomic E-state index is 5.06. The minimum atomic E-state index is -0.167. The van der Waals surface area contributed by atoms with Gasteiger partial charge in [0, 0.05) is 6.17 Å². The molecule has 4 heteroatoms. The van der Waals surface area contributed by atoms with E-state index in [-0.39, 0.29) is 6.17 Å². The van der Waals surface area contributed by atoms with Crippen molar-refractivity contribution >= 4 is 0 Å². The van der Waals surface area contributed by atoms with Crippen LogP contribution in [0.25, 0.3) is 0 Å². The molecule has 0 saturated carbocycles. The lowest BCUT2D eigenvalue weighted by Gasteiger charge is -1.83. The Morgan fingerprint density at radius 2 is 1.33 bits per heavy atom. The van der Waals surface area contributed by atoms with Crippen LogP contribution in [0.15, 0.2) is 0 Å². The fourth-order valence-corrected chi connectivity index (χ4v) is 0.118. The van der Waals surface area contributed by atoms with Gasteiger partial charge in [0.25, 0.3) is 0 Å². The van der Waals surface area contributed by atoms with Gasteiger partial charge >= 0.3 is 0 Å². The second-order valence-electron chi connectivity index (χ2n) is 1.79. The Morgan fingerprint density at radius 3 is 1.33 bits per heavy atom. The van der Waals surface area contributed by atoms with Crippen LogP contribution in [0, 0.1) is 0 Å². The molecule has 0 spiro atoms. The summed E-state index contributed by atoms with van der Waals surface area (Å²) in [4.78, 5) is 0. The van der Waals surface area contributed by atoms with Crippen LogP contribution in [0.4, 0.5) is 0 Å². The van der Waals surface area contributed by atoms with E-state index in [1.807, 2.05) is 0 Å². The maximum absolute atomic E-state index is 5.06. The molecule has 0 aromatic carbocycles. The highest BCUT2D eigenvalue weighted by Gasteiger charge is 1.67. The zero-order valence-corrected chi connectivity index (χ0v) is 6.01. The molecule has 0 atom stereocenters. The Labute approximate surface area is 56.6 Å². The number of hydrogen-bond acceptors (Lipinski definition) is 4. The van der Waals surface area contributed by atoms with Crippen molar-refractivity contribution in [1.82, 2.24) is 0 Å². The zero-order chi connectivity index (χ0) is 7.70. The molecule has 0 saturated heterocycles. The standard InChI is InChI=1S/C3H10N2.C2H8N2/c4-2-1-3-5;1-2(3)4/h1-5H2;2H,3-4H2,1H3. The first-order valence-corrected chi connectivity index (χ1v) is 3.06. The molecule has 0 aliphatic carbocycles. The Kier molecular flexibility index (Phi) is 13.9. The molecule has 0 aromatic heterocycles. The smallest absolute Gasteiger partial charge is 0.0491 e. The summed E-state index contributed by atoms with van der Waals surface area (Å²) in [7, 11) is 0. The average molecular weight is 134 g/mol. The summed E-state index contributed by atoms with van der Waals surface area (Å²) in [6, 6.07) is 0. The van der Waals surface area contributed by atoms with Crippen LogP contribution in [0.5, 0.6) is 0 Å². The van der Waals surface area contributed by atoms with E-state index in [1.165, 1.54) is 0 Å². The minimum Gasteiger partial charge on any atom is -0.330 e. The lowest BCUT2D eigenvalue weighted by Crippen LogP contribution is -2.25.